The van der Waals surface area contributed by atoms with Crippen LogP contribution >= 0.6 is 23.2 Å². The summed E-state index contributed by atoms with van der Waals surface area (Å²) in [5.41, 5.74) is 15.6. The minimum absolute atomic E-state index is 0.138. The second-order valence-electron chi connectivity index (χ2n) is 18.1. The van der Waals surface area contributed by atoms with Crippen molar-refractivity contribution in [1.29, 1.82) is 0 Å². The first kappa shape index (κ1) is 34.8. The van der Waals surface area contributed by atoms with Crippen molar-refractivity contribution in [2.24, 2.45) is 0 Å². The van der Waals surface area contributed by atoms with Gasteiger partial charge in [-0.3, -0.25) is 0 Å². The van der Waals surface area contributed by atoms with Gasteiger partial charge in [-0.05, 0) is 0 Å². The summed E-state index contributed by atoms with van der Waals surface area (Å²) >= 11 is 10.2. The number of benzene rings is 4. The van der Waals surface area contributed by atoms with Crippen LogP contribution in [0.5, 0.6) is 0 Å². The average molecular weight is 777 g/mol. The van der Waals surface area contributed by atoms with E-state index in [2.05, 4.69) is 146 Å². The molecule has 0 spiro atoms. The molecule has 0 heterocycles. The van der Waals surface area contributed by atoms with Crippen molar-refractivity contribution in [2.75, 3.05) is 0 Å². The van der Waals surface area contributed by atoms with E-state index < -0.39 is 21.3 Å². The van der Waals surface area contributed by atoms with Gasteiger partial charge in [0, 0.05) is 0 Å². The molecule has 0 atom stereocenters. The molecule has 0 amide bonds. The first-order chi connectivity index (χ1) is 23.6. The second kappa shape index (κ2) is 12.1. The molecule has 4 aromatic rings. The topological polar surface area (TPSA) is 0 Å². The molecule has 0 radical (unpaired) electrons. The number of hydrogen-bond donors (Lipinski definition) is 0. The molecule has 0 nitrogen and oxygen atoms in total. The predicted octanol–water partition coefficient (Wildman–Crippen LogP) is 13.5. The van der Waals surface area contributed by atoms with Crippen molar-refractivity contribution in [1.82, 2.24) is 0 Å². The van der Waals surface area contributed by atoms with E-state index in [0.717, 1.165) is 16.5 Å². The molecular formula is C47H50Cl2Zr. The van der Waals surface area contributed by atoms with Crippen molar-refractivity contribution in [3.8, 4) is 11.1 Å². The fraction of sp³-hybridized carbons (Fsp3) is 0.383. The standard InChI is InChI=1S/C29H37.C13H8Cl2.C5H5.Zr/c1-26(2)9-11-28(5,6)24-16-20-18(14-22(24)26)13-19-15-23-25(17-21(19)20)29(7,8)12-10-27(23,3)4;14-12-5-1-10(2-6-12)9-11-3-7-13(15)8-4-11;1-2-4-5-3-1;/h13-17H,9-12H2,1-8H3;1-8H;1-3H,4H2;. The van der Waals surface area contributed by atoms with E-state index in [1.54, 1.807) is 36.7 Å². The fourth-order valence-electron chi connectivity index (χ4n) is 9.53. The van der Waals surface area contributed by atoms with E-state index in [1.165, 1.54) is 51.1 Å². The van der Waals surface area contributed by atoms with E-state index in [1.807, 2.05) is 0 Å². The summed E-state index contributed by atoms with van der Waals surface area (Å²) < 4.78 is 3.55. The van der Waals surface area contributed by atoms with Gasteiger partial charge >= 0.3 is 320 Å². The van der Waals surface area contributed by atoms with Crippen LogP contribution in [0.15, 0.2) is 94.3 Å². The number of halogens is 2. The van der Waals surface area contributed by atoms with Crippen LogP contribution in [-0.2, 0) is 42.9 Å². The molecule has 4 aromatic carbocycles. The number of fused-ring (bicyclic) bond motifs is 5. The van der Waals surface area contributed by atoms with Gasteiger partial charge in [0.25, 0.3) is 0 Å². The monoisotopic (exact) mass is 774 g/mol. The van der Waals surface area contributed by atoms with Crippen molar-refractivity contribution in [3.63, 3.8) is 0 Å². The Labute approximate surface area is 318 Å². The summed E-state index contributed by atoms with van der Waals surface area (Å²) in [6, 6.07) is 28.2. The molecule has 0 fully saturated rings. The normalized spacial score (nSPS) is 20.4. The van der Waals surface area contributed by atoms with Crippen LogP contribution < -0.4 is 0 Å². The molecule has 0 aromatic heterocycles. The summed E-state index contributed by atoms with van der Waals surface area (Å²) in [6.45, 7) is 19.8. The fourth-order valence-corrected chi connectivity index (χ4v) is 18.8. The summed E-state index contributed by atoms with van der Waals surface area (Å²) in [5.74, 6) is 0. The first-order valence-electron chi connectivity index (χ1n) is 18.6. The van der Waals surface area contributed by atoms with Crippen LogP contribution in [0.1, 0.15) is 136 Å². The van der Waals surface area contributed by atoms with Crippen molar-refractivity contribution < 1.29 is 21.3 Å². The van der Waals surface area contributed by atoms with Crippen LogP contribution in [0.25, 0.3) is 11.1 Å². The third-order valence-corrected chi connectivity index (χ3v) is 21.7. The van der Waals surface area contributed by atoms with Gasteiger partial charge in [0.1, 0.15) is 0 Å². The second-order valence-corrected chi connectivity index (χ2v) is 25.2. The van der Waals surface area contributed by atoms with Gasteiger partial charge in [0.15, 0.2) is 0 Å². The molecule has 3 heteroatoms. The number of allylic oxidation sites excluding steroid dienone is 4. The zero-order valence-electron chi connectivity index (χ0n) is 31.0. The van der Waals surface area contributed by atoms with Crippen LogP contribution in [0.2, 0.25) is 10.0 Å². The third kappa shape index (κ3) is 5.69. The maximum absolute atomic E-state index is 6.55. The Morgan fingerprint density at radius 1 is 0.560 bits per heavy atom. The molecule has 8 rings (SSSR count). The molecule has 50 heavy (non-hydrogen) atoms. The number of rotatable bonds is 4. The van der Waals surface area contributed by atoms with Crippen LogP contribution in [0.4, 0.5) is 0 Å². The van der Waals surface area contributed by atoms with E-state index in [4.69, 9.17) is 23.2 Å². The zero-order valence-corrected chi connectivity index (χ0v) is 35.0. The summed E-state index contributed by atoms with van der Waals surface area (Å²) in [6.07, 6.45) is 13.1. The molecule has 4 aliphatic rings. The zero-order chi connectivity index (χ0) is 35.4. The first-order valence-corrected chi connectivity index (χ1v) is 23.2. The minimum atomic E-state index is -2.90. The molecular weight excluding hydrogens is 727 g/mol. The van der Waals surface area contributed by atoms with Gasteiger partial charge in [0.2, 0.25) is 0 Å². The molecule has 0 aliphatic heterocycles. The van der Waals surface area contributed by atoms with Crippen molar-refractivity contribution >= 4 is 26.4 Å². The predicted molar refractivity (Wildman–Crippen MR) is 212 cm³/mol. The summed E-state index contributed by atoms with van der Waals surface area (Å²) in [5, 5.41) is 1.56. The molecule has 4 aliphatic carbocycles. The van der Waals surface area contributed by atoms with Gasteiger partial charge < -0.3 is 0 Å². The van der Waals surface area contributed by atoms with Crippen molar-refractivity contribution in [2.45, 2.75) is 113 Å². The third-order valence-electron chi connectivity index (χ3n) is 12.9. The van der Waals surface area contributed by atoms with Crippen molar-refractivity contribution in [3.05, 3.63) is 149 Å². The Kier molecular flexibility index (Phi) is 8.42. The summed E-state index contributed by atoms with van der Waals surface area (Å²) in [4.78, 5) is 0. The van der Waals surface area contributed by atoms with Gasteiger partial charge in [-0.2, -0.15) is 0 Å². The van der Waals surface area contributed by atoms with Crippen LogP contribution in [0.3, 0.4) is 0 Å². The Hall–Kier alpha value is -2.31. The maximum atomic E-state index is 6.55. The molecule has 0 N–H and O–H groups in total. The molecule has 0 unspecified atom stereocenters. The van der Waals surface area contributed by atoms with E-state index in [9.17, 15) is 0 Å². The Morgan fingerprint density at radius 3 is 1.30 bits per heavy atom. The molecule has 0 saturated carbocycles. The Bertz CT molecular complexity index is 2000. The van der Waals surface area contributed by atoms with Gasteiger partial charge in [0.05, 0.1) is 0 Å². The van der Waals surface area contributed by atoms with Gasteiger partial charge in [-0.15, -0.1) is 0 Å². The van der Waals surface area contributed by atoms with E-state index in [-0.39, 0.29) is 21.7 Å². The van der Waals surface area contributed by atoms with Crippen LogP contribution in [-0.4, -0.2) is 3.21 Å². The molecule has 0 bridgehead atoms. The van der Waals surface area contributed by atoms with Gasteiger partial charge in [-0.25, -0.2) is 0 Å². The molecule has 0 saturated heterocycles. The van der Waals surface area contributed by atoms with Gasteiger partial charge in [-0.1, -0.05) is 0 Å². The Morgan fingerprint density at radius 2 is 0.940 bits per heavy atom. The quantitative estimate of drug-likeness (QED) is 0.194. The number of hydrogen-bond acceptors (Lipinski definition) is 0. The van der Waals surface area contributed by atoms with Crippen LogP contribution in [0, 0.1) is 0 Å². The van der Waals surface area contributed by atoms with E-state index in [0.29, 0.717) is 3.63 Å². The van der Waals surface area contributed by atoms with E-state index >= 15 is 0 Å². The molecule has 256 valence electrons. The Balaban J connectivity index is 1.53. The average Bonchev–Trinajstić information content (AvgIpc) is 3.71. The summed E-state index contributed by atoms with van der Waals surface area (Å²) in [7, 11) is 0. The SMILES string of the molecule is CC1(C)CCC(C)(C)c2cc3c(cc21)-c1cc2c(cc1[CH]3[Zr]([C]1=CC=CC1)=[C](c1ccc(Cl)cc1)c1ccc(Cl)cc1)C(C)(C)CCC2(C)C.